The van der Waals surface area contributed by atoms with E-state index in [2.05, 4.69) is 10.2 Å². The molecule has 132 valence electrons. The monoisotopic (exact) mass is 385 g/mol. The number of carbonyl (C=O) groups excluding carboxylic acids is 1. The summed E-state index contributed by atoms with van der Waals surface area (Å²) in [6.45, 7) is 2.44. The zero-order valence-corrected chi connectivity index (χ0v) is 15.6. The lowest BCUT2D eigenvalue weighted by atomic mass is 10.1. The van der Waals surface area contributed by atoms with Crippen molar-refractivity contribution in [2.24, 2.45) is 0 Å². The second kappa shape index (κ2) is 7.13. The van der Waals surface area contributed by atoms with Crippen molar-refractivity contribution in [3.8, 4) is 17.1 Å². The predicted molar refractivity (Wildman–Crippen MR) is 102 cm³/mol. The van der Waals surface area contributed by atoms with E-state index >= 15 is 0 Å². The lowest BCUT2D eigenvalue weighted by Crippen LogP contribution is -2.11. The zero-order valence-electron chi connectivity index (χ0n) is 14.1. The van der Waals surface area contributed by atoms with Gasteiger partial charge in [-0.1, -0.05) is 47.6 Å². The Balaban J connectivity index is 1.83. The number of rotatable bonds is 4. The van der Waals surface area contributed by atoms with E-state index in [1.807, 2.05) is 60.0 Å². The zero-order chi connectivity index (χ0) is 18.1. The Labute approximate surface area is 160 Å². The minimum absolute atomic E-state index is 0.201. The summed E-state index contributed by atoms with van der Waals surface area (Å²) in [5, 5.41) is 9.72. The number of aromatic nitrogens is 3. The normalized spacial score (nSPS) is 16.7. The number of esters is 1. The van der Waals surface area contributed by atoms with Gasteiger partial charge in [0.2, 0.25) is 0 Å². The van der Waals surface area contributed by atoms with Gasteiger partial charge in [-0.3, -0.25) is 9.36 Å². The summed E-state index contributed by atoms with van der Waals surface area (Å²) in [6, 6.07) is 15.7. The Morgan fingerprint density at radius 3 is 2.69 bits per heavy atom. The Hall–Kier alpha value is -2.31. The number of nitrogens with zero attached hydrogens (tertiary/aromatic N) is 3. The number of hydrogen-bond acceptors (Lipinski definition) is 5. The van der Waals surface area contributed by atoms with Crippen LogP contribution >= 0.6 is 23.4 Å². The van der Waals surface area contributed by atoms with Gasteiger partial charge in [0.1, 0.15) is 5.25 Å². The maximum absolute atomic E-state index is 11.9. The molecule has 0 unspecified atom stereocenters. The summed E-state index contributed by atoms with van der Waals surface area (Å²) in [5.41, 5.74) is 2.79. The fourth-order valence-electron chi connectivity index (χ4n) is 2.84. The summed E-state index contributed by atoms with van der Waals surface area (Å²) in [7, 11) is 0. The van der Waals surface area contributed by atoms with Crippen LogP contribution in [0.4, 0.5) is 0 Å². The third-order valence-electron chi connectivity index (χ3n) is 4.15. The standard InChI is InChI=1S/C19H16ClN3O2S/c1-12-7-8-14(15(20)11-12)17-21-22-19(26-16-9-10-25-18(16)24)23(17)13-5-3-2-4-6-13/h2-8,11,16H,9-10H2,1H3/t16-/m0/s1. The molecule has 0 bridgehead atoms. The molecule has 26 heavy (non-hydrogen) atoms. The molecule has 0 N–H and O–H groups in total. The van der Waals surface area contributed by atoms with Crippen molar-refractivity contribution in [1.29, 1.82) is 0 Å². The first-order chi connectivity index (χ1) is 12.6. The molecule has 1 aromatic heterocycles. The van der Waals surface area contributed by atoms with Gasteiger partial charge >= 0.3 is 5.97 Å². The average Bonchev–Trinajstić information content (AvgIpc) is 3.23. The highest BCUT2D eigenvalue weighted by atomic mass is 35.5. The number of cyclic esters (lactones) is 1. The Morgan fingerprint density at radius 2 is 2.00 bits per heavy atom. The van der Waals surface area contributed by atoms with Gasteiger partial charge in [-0.05, 0) is 36.8 Å². The summed E-state index contributed by atoms with van der Waals surface area (Å²) in [5.74, 6) is 0.447. The number of benzene rings is 2. The number of aryl methyl sites for hydroxylation is 1. The van der Waals surface area contributed by atoms with E-state index in [0.717, 1.165) is 16.8 Å². The highest BCUT2D eigenvalue weighted by Crippen LogP contribution is 2.35. The van der Waals surface area contributed by atoms with Crippen molar-refractivity contribution < 1.29 is 9.53 Å². The summed E-state index contributed by atoms with van der Waals surface area (Å²) < 4.78 is 7.01. The largest absolute Gasteiger partial charge is 0.465 e. The second-order valence-electron chi connectivity index (χ2n) is 6.02. The van der Waals surface area contributed by atoms with Crippen molar-refractivity contribution >= 4 is 29.3 Å². The van der Waals surface area contributed by atoms with Crippen LogP contribution in [0.3, 0.4) is 0 Å². The second-order valence-corrected chi connectivity index (χ2v) is 7.60. The first-order valence-electron chi connectivity index (χ1n) is 8.24. The van der Waals surface area contributed by atoms with Crippen molar-refractivity contribution in [1.82, 2.24) is 14.8 Å². The molecule has 3 aromatic rings. The quantitative estimate of drug-likeness (QED) is 0.626. The molecule has 0 spiro atoms. The molecule has 0 radical (unpaired) electrons. The molecule has 1 fully saturated rings. The molecule has 0 aliphatic carbocycles. The third-order valence-corrected chi connectivity index (χ3v) is 5.65. The molecule has 7 heteroatoms. The molecule has 5 nitrogen and oxygen atoms in total. The van der Waals surface area contributed by atoms with Crippen LogP contribution in [0.1, 0.15) is 12.0 Å². The number of thioether (sulfide) groups is 1. The number of carbonyl (C=O) groups is 1. The van der Waals surface area contributed by atoms with Gasteiger partial charge in [-0.15, -0.1) is 10.2 Å². The van der Waals surface area contributed by atoms with Crippen molar-refractivity contribution in [3.63, 3.8) is 0 Å². The smallest absolute Gasteiger partial charge is 0.319 e. The predicted octanol–water partition coefficient (Wildman–Crippen LogP) is 4.30. The van der Waals surface area contributed by atoms with Gasteiger partial charge in [-0.2, -0.15) is 0 Å². The number of hydrogen-bond donors (Lipinski definition) is 0. The van der Waals surface area contributed by atoms with Gasteiger partial charge in [0.25, 0.3) is 0 Å². The van der Waals surface area contributed by atoms with Crippen LogP contribution in [-0.2, 0) is 9.53 Å². The summed E-state index contributed by atoms with van der Waals surface area (Å²) in [6.07, 6.45) is 0.672. The minimum atomic E-state index is -0.261. The van der Waals surface area contributed by atoms with E-state index in [4.69, 9.17) is 16.3 Å². The Morgan fingerprint density at radius 1 is 1.19 bits per heavy atom. The fourth-order valence-corrected chi connectivity index (χ4v) is 4.18. The lowest BCUT2D eigenvalue weighted by molar-refractivity contribution is -0.137. The number of halogens is 1. The van der Waals surface area contributed by atoms with Crippen molar-refractivity contribution in [2.45, 2.75) is 23.8 Å². The Bertz CT molecular complexity index is 959. The maximum Gasteiger partial charge on any atom is 0.319 e. The topological polar surface area (TPSA) is 57.0 Å². The van der Waals surface area contributed by atoms with E-state index in [0.29, 0.717) is 29.0 Å². The van der Waals surface area contributed by atoms with Crippen LogP contribution in [0, 0.1) is 6.92 Å². The van der Waals surface area contributed by atoms with E-state index in [-0.39, 0.29) is 11.2 Å². The molecule has 1 saturated heterocycles. The highest BCUT2D eigenvalue weighted by Gasteiger charge is 2.30. The van der Waals surface area contributed by atoms with Crippen LogP contribution in [0.2, 0.25) is 5.02 Å². The molecule has 1 atom stereocenters. The highest BCUT2D eigenvalue weighted by molar-refractivity contribution is 8.00. The van der Waals surface area contributed by atoms with E-state index in [9.17, 15) is 4.79 Å². The lowest BCUT2D eigenvalue weighted by Gasteiger charge is -2.12. The third kappa shape index (κ3) is 3.22. The first-order valence-corrected chi connectivity index (χ1v) is 9.50. The molecule has 4 rings (SSSR count). The van der Waals surface area contributed by atoms with Gasteiger partial charge < -0.3 is 4.74 Å². The molecular formula is C19H16ClN3O2S. The van der Waals surface area contributed by atoms with Crippen LogP contribution in [-0.4, -0.2) is 32.6 Å². The summed E-state index contributed by atoms with van der Waals surface area (Å²) in [4.78, 5) is 11.9. The molecule has 0 amide bonds. The van der Waals surface area contributed by atoms with Crippen LogP contribution in [0.5, 0.6) is 0 Å². The van der Waals surface area contributed by atoms with Gasteiger partial charge in [-0.25, -0.2) is 0 Å². The molecule has 2 heterocycles. The summed E-state index contributed by atoms with van der Waals surface area (Å²) >= 11 is 7.84. The van der Waals surface area contributed by atoms with Gasteiger partial charge in [0.15, 0.2) is 11.0 Å². The Kier molecular flexibility index (Phi) is 4.70. The van der Waals surface area contributed by atoms with E-state index in [1.165, 1.54) is 11.8 Å². The van der Waals surface area contributed by atoms with Crippen LogP contribution in [0.15, 0.2) is 53.7 Å². The molecule has 2 aromatic carbocycles. The molecule has 0 saturated carbocycles. The maximum atomic E-state index is 11.9. The van der Waals surface area contributed by atoms with Crippen molar-refractivity contribution in [3.05, 3.63) is 59.1 Å². The molecule has 1 aliphatic heterocycles. The first kappa shape index (κ1) is 17.1. The SMILES string of the molecule is Cc1ccc(-c2nnc(S[C@H]3CCOC3=O)n2-c2ccccc2)c(Cl)c1. The average molecular weight is 386 g/mol. The minimum Gasteiger partial charge on any atom is -0.465 e. The molecular weight excluding hydrogens is 370 g/mol. The van der Waals surface area contributed by atoms with E-state index in [1.54, 1.807) is 0 Å². The van der Waals surface area contributed by atoms with Crippen LogP contribution in [0.25, 0.3) is 17.1 Å². The number of para-hydroxylation sites is 1. The van der Waals surface area contributed by atoms with Gasteiger partial charge in [0.05, 0.1) is 11.6 Å². The van der Waals surface area contributed by atoms with Crippen LogP contribution < -0.4 is 0 Å². The number of ether oxygens (including phenoxy) is 1. The molecule has 1 aliphatic rings. The van der Waals surface area contributed by atoms with Crippen molar-refractivity contribution in [2.75, 3.05) is 6.61 Å². The fraction of sp³-hybridized carbons (Fsp3) is 0.211. The van der Waals surface area contributed by atoms with Gasteiger partial charge in [0, 0.05) is 17.7 Å². The van der Waals surface area contributed by atoms with E-state index < -0.39 is 0 Å².